The maximum Gasteiger partial charge on any atom is 0.407 e. The van der Waals surface area contributed by atoms with Gasteiger partial charge < -0.3 is 44.9 Å². The highest BCUT2D eigenvalue weighted by Crippen LogP contribution is 2.37. The third-order valence-corrected chi connectivity index (χ3v) is 11.6. The number of hydrogen-bond acceptors (Lipinski definition) is 10. The number of rotatable bonds is 10. The zero-order valence-corrected chi connectivity index (χ0v) is 33.6. The fourth-order valence-corrected chi connectivity index (χ4v) is 8.52. The van der Waals surface area contributed by atoms with Gasteiger partial charge in [0.05, 0.1) is 64.0 Å². The molecule has 0 saturated carbocycles. The molecule has 2 fully saturated rings. The first-order chi connectivity index (χ1) is 27.5. The van der Waals surface area contributed by atoms with Crippen molar-refractivity contribution in [2.75, 3.05) is 33.9 Å². The monoisotopic (exact) mass is 782 g/mol. The molecule has 2 saturated heterocycles. The number of fused-ring (bicyclic) bond motifs is 3. The number of benzene rings is 2. The SMILES string of the molecule is COC(=O)N[C@H](C(=O)N1CCC[C@H]1C1=NCC(c2ccc3c(c2)COCc2cc(-c4cnc([C@@H]5CCCN5C(=O)[C@@H](NC(=O)OC)C(C)C)[nH]4)ccc2-3)N1)C(C)C. The van der Waals surface area contributed by atoms with Crippen molar-refractivity contribution in [2.24, 2.45) is 16.8 Å². The Labute approximate surface area is 333 Å². The third-order valence-electron chi connectivity index (χ3n) is 11.6. The Morgan fingerprint density at radius 3 is 2.00 bits per heavy atom. The van der Waals surface area contributed by atoms with Crippen LogP contribution in [0.4, 0.5) is 9.59 Å². The van der Waals surface area contributed by atoms with E-state index < -0.39 is 24.3 Å². The molecule has 0 aliphatic carbocycles. The molecule has 7 rings (SSSR count). The number of nitrogens with one attached hydrogen (secondary N) is 4. The second-order valence-corrected chi connectivity index (χ2v) is 16.0. The molecule has 4 aliphatic rings. The van der Waals surface area contributed by atoms with E-state index in [0.29, 0.717) is 32.8 Å². The van der Waals surface area contributed by atoms with E-state index in [0.717, 1.165) is 76.4 Å². The van der Waals surface area contributed by atoms with Crippen LogP contribution >= 0.6 is 0 Å². The fraction of sp³-hybridized carbons (Fsp3) is 0.524. The number of carbonyl (C=O) groups excluding carboxylic acids is 4. The Balaban J connectivity index is 1.03. The molecule has 1 unspecified atom stereocenters. The summed E-state index contributed by atoms with van der Waals surface area (Å²) in [6, 6.07) is 11.0. The van der Waals surface area contributed by atoms with Crippen molar-refractivity contribution >= 4 is 29.8 Å². The Morgan fingerprint density at radius 1 is 0.807 bits per heavy atom. The largest absolute Gasteiger partial charge is 0.453 e. The topological polar surface area (TPSA) is 180 Å². The quantitative estimate of drug-likeness (QED) is 0.214. The van der Waals surface area contributed by atoms with Crippen LogP contribution < -0.4 is 16.0 Å². The first kappa shape index (κ1) is 39.8. The summed E-state index contributed by atoms with van der Waals surface area (Å²) >= 11 is 0. The van der Waals surface area contributed by atoms with E-state index in [2.05, 4.69) is 57.3 Å². The molecule has 304 valence electrons. The number of nitrogens with zero attached hydrogens (tertiary/aromatic N) is 4. The summed E-state index contributed by atoms with van der Waals surface area (Å²) in [5.74, 6) is 1.04. The molecule has 0 spiro atoms. The number of alkyl carbamates (subject to hydrolysis) is 2. The van der Waals surface area contributed by atoms with Gasteiger partial charge in [-0.05, 0) is 77.0 Å². The molecule has 15 nitrogen and oxygen atoms in total. The zero-order valence-electron chi connectivity index (χ0n) is 33.6. The molecule has 2 aromatic carbocycles. The van der Waals surface area contributed by atoms with Crippen LogP contribution in [-0.2, 0) is 37.0 Å². The van der Waals surface area contributed by atoms with Crippen molar-refractivity contribution in [3.8, 4) is 22.4 Å². The van der Waals surface area contributed by atoms with Crippen molar-refractivity contribution in [2.45, 2.75) is 96.8 Å². The van der Waals surface area contributed by atoms with Crippen LogP contribution in [0.3, 0.4) is 0 Å². The van der Waals surface area contributed by atoms with E-state index >= 15 is 0 Å². The van der Waals surface area contributed by atoms with Crippen molar-refractivity contribution < 1.29 is 33.4 Å². The molecule has 15 heteroatoms. The maximum atomic E-state index is 13.6. The molecule has 4 amide bonds. The Kier molecular flexibility index (Phi) is 11.8. The van der Waals surface area contributed by atoms with Gasteiger partial charge in [-0.15, -0.1) is 0 Å². The predicted molar refractivity (Wildman–Crippen MR) is 213 cm³/mol. The number of amidine groups is 1. The molecule has 1 aromatic heterocycles. The van der Waals surface area contributed by atoms with Crippen molar-refractivity contribution in [1.82, 2.24) is 35.7 Å². The molecule has 0 bridgehead atoms. The van der Waals surface area contributed by atoms with E-state index in [1.807, 2.05) is 43.7 Å². The molecule has 4 N–H and O–H groups in total. The molecule has 5 atom stereocenters. The van der Waals surface area contributed by atoms with E-state index in [9.17, 15) is 19.2 Å². The zero-order chi connectivity index (χ0) is 40.4. The van der Waals surface area contributed by atoms with Crippen molar-refractivity contribution in [3.05, 3.63) is 65.1 Å². The number of aromatic amines is 1. The number of aliphatic imine (C=N–C) groups is 1. The summed E-state index contributed by atoms with van der Waals surface area (Å²) < 4.78 is 15.8. The van der Waals surface area contributed by atoms with E-state index in [1.54, 1.807) is 0 Å². The molecule has 57 heavy (non-hydrogen) atoms. The number of carbonyl (C=O) groups is 4. The van der Waals surface area contributed by atoms with E-state index in [-0.39, 0.29) is 41.8 Å². The lowest BCUT2D eigenvalue weighted by Crippen LogP contribution is -2.54. The summed E-state index contributed by atoms with van der Waals surface area (Å²) in [5.41, 5.74) is 7.32. The fourth-order valence-electron chi connectivity index (χ4n) is 8.52. The number of likely N-dealkylation sites (tertiary alicyclic amines) is 2. The van der Waals surface area contributed by atoms with Gasteiger partial charge in [-0.3, -0.25) is 14.6 Å². The van der Waals surface area contributed by atoms with E-state index in [1.165, 1.54) is 14.2 Å². The molecular weight excluding hydrogens is 729 g/mol. The Morgan fingerprint density at radius 2 is 1.39 bits per heavy atom. The summed E-state index contributed by atoms with van der Waals surface area (Å²) in [5, 5.41) is 9.04. The average Bonchev–Trinajstić information content (AvgIpc) is 4.04. The number of hydrogen-bond donors (Lipinski definition) is 4. The van der Waals surface area contributed by atoms with Gasteiger partial charge in [-0.2, -0.15) is 0 Å². The number of ether oxygens (including phenoxy) is 3. The molecular formula is C42H54N8O7. The number of H-pyrrole nitrogens is 1. The highest BCUT2D eigenvalue weighted by atomic mass is 16.5. The minimum atomic E-state index is -0.696. The lowest BCUT2D eigenvalue weighted by atomic mass is 9.92. The van der Waals surface area contributed by atoms with Gasteiger partial charge in [-0.1, -0.05) is 58.0 Å². The molecule has 3 aromatic rings. The lowest BCUT2D eigenvalue weighted by Gasteiger charge is -2.31. The van der Waals surface area contributed by atoms with Gasteiger partial charge in [0.25, 0.3) is 0 Å². The van der Waals surface area contributed by atoms with Crippen LogP contribution in [0.2, 0.25) is 0 Å². The van der Waals surface area contributed by atoms with Gasteiger partial charge in [-0.25, -0.2) is 14.6 Å². The van der Waals surface area contributed by atoms with Gasteiger partial charge in [0.1, 0.15) is 23.7 Å². The van der Waals surface area contributed by atoms with Gasteiger partial charge in [0.2, 0.25) is 11.8 Å². The maximum absolute atomic E-state index is 13.6. The molecule has 0 radical (unpaired) electrons. The number of methoxy groups -OCH3 is 2. The smallest absolute Gasteiger partial charge is 0.407 e. The van der Waals surface area contributed by atoms with Crippen LogP contribution in [0.5, 0.6) is 0 Å². The number of aromatic nitrogens is 2. The number of imidazole rings is 1. The lowest BCUT2D eigenvalue weighted by molar-refractivity contribution is -0.135. The average molecular weight is 783 g/mol. The highest BCUT2D eigenvalue weighted by molar-refractivity contribution is 5.95. The Bertz CT molecular complexity index is 2030. The van der Waals surface area contributed by atoms with Crippen LogP contribution in [0.1, 0.15) is 88.0 Å². The predicted octanol–water partition coefficient (Wildman–Crippen LogP) is 5.23. The standard InChI is InChI=1S/C42H54N8O7/c1-23(2)35(47-41(53)55-5)39(51)49-15-7-9-33(49)37-43-19-31(45-37)25-11-13-29-27(17-25)21-57-22-28-18-26(12-14-30(28)29)32-20-44-38(46-32)34-10-8-16-50(34)40(52)36(24(3)4)48-42(54)56-6/h11-14,17-19,23-24,32-36H,7-10,15-16,20-22H2,1-6H3,(H,43,45)(H,44,46)(H,47,53)(H,48,54)/t32?,33-,34-,35-,36-/m0/s1. The second-order valence-electron chi connectivity index (χ2n) is 16.0. The van der Waals surface area contributed by atoms with Gasteiger partial charge in [0, 0.05) is 13.1 Å². The first-order valence-corrected chi connectivity index (χ1v) is 20.0. The summed E-state index contributed by atoms with van der Waals surface area (Å²) in [7, 11) is 2.59. The summed E-state index contributed by atoms with van der Waals surface area (Å²) in [6.45, 7) is 10.3. The number of amides is 4. The highest BCUT2D eigenvalue weighted by Gasteiger charge is 2.40. The van der Waals surface area contributed by atoms with Crippen molar-refractivity contribution in [1.29, 1.82) is 0 Å². The molecule has 5 heterocycles. The minimum Gasteiger partial charge on any atom is -0.453 e. The third kappa shape index (κ3) is 8.20. The normalized spacial score (nSPS) is 21.3. The molecule has 4 aliphatic heterocycles. The second kappa shape index (κ2) is 17.0. The first-order valence-electron chi connectivity index (χ1n) is 20.0. The van der Waals surface area contributed by atoms with Crippen LogP contribution in [0, 0.1) is 11.8 Å². The summed E-state index contributed by atoms with van der Waals surface area (Å²) in [4.78, 5) is 68.0. The van der Waals surface area contributed by atoms with E-state index in [4.69, 9.17) is 24.2 Å². The van der Waals surface area contributed by atoms with Gasteiger partial charge >= 0.3 is 12.2 Å². The van der Waals surface area contributed by atoms with Crippen LogP contribution in [-0.4, -0.2) is 102 Å². The minimum absolute atomic E-state index is 0.0388. The van der Waals surface area contributed by atoms with Crippen molar-refractivity contribution in [3.63, 3.8) is 0 Å². The summed E-state index contributed by atoms with van der Waals surface area (Å²) in [6.07, 6.45) is 3.85. The van der Waals surface area contributed by atoms with Crippen LogP contribution in [0.15, 0.2) is 47.6 Å². The van der Waals surface area contributed by atoms with Crippen LogP contribution in [0.25, 0.3) is 22.4 Å². The van der Waals surface area contributed by atoms with Gasteiger partial charge in [0.15, 0.2) is 0 Å². The Hall–Kier alpha value is -5.44.